The van der Waals surface area contributed by atoms with E-state index in [9.17, 15) is 14.7 Å². The minimum absolute atomic E-state index is 0.307. The summed E-state index contributed by atoms with van der Waals surface area (Å²) >= 11 is 0. The number of aliphatic hydroxyl groups is 1. The summed E-state index contributed by atoms with van der Waals surface area (Å²) < 4.78 is 10.5. The van der Waals surface area contributed by atoms with E-state index in [1.807, 2.05) is 18.2 Å². The minimum atomic E-state index is -0.669. The molecule has 1 N–H and O–H groups in total. The molecule has 0 spiro atoms. The summed E-state index contributed by atoms with van der Waals surface area (Å²) in [5.41, 5.74) is 1.30. The highest BCUT2D eigenvalue weighted by molar-refractivity contribution is 5.82. The molecule has 26 heavy (non-hydrogen) atoms. The normalized spacial score (nSPS) is 18.8. The monoisotopic (exact) mass is 360 g/mol. The predicted octanol–water partition coefficient (Wildman–Crippen LogP) is 3.34. The van der Waals surface area contributed by atoms with E-state index in [2.05, 4.69) is 12.1 Å². The molecule has 0 fully saturated rings. The predicted molar refractivity (Wildman–Crippen MR) is 98.4 cm³/mol. The van der Waals surface area contributed by atoms with Crippen molar-refractivity contribution in [2.24, 2.45) is 0 Å². The summed E-state index contributed by atoms with van der Waals surface area (Å²) in [6, 6.07) is 10.3. The summed E-state index contributed by atoms with van der Waals surface area (Å²) in [6.45, 7) is 1.39. The SMILES string of the molecule is CC(=O)O[C@@H](CCCCc1ccccc1)C[C@@H](O)C[C@@H]1CC=CC(=O)O1. The smallest absolute Gasteiger partial charge is 0.330 e. The van der Waals surface area contributed by atoms with Crippen LogP contribution in [0.1, 0.15) is 51.0 Å². The van der Waals surface area contributed by atoms with Crippen LogP contribution in [-0.2, 0) is 25.5 Å². The molecule has 0 aliphatic carbocycles. The van der Waals surface area contributed by atoms with Crippen molar-refractivity contribution in [1.82, 2.24) is 0 Å². The number of benzene rings is 1. The summed E-state index contributed by atoms with van der Waals surface area (Å²) in [5, 5.41) is 10.3. The molecule has 0 bridgehead atoms. The number of hydrogen-bond acceptors (Lipinski definition) is 5. The fraction of sp³-hybridized carbons (Fsp3) is 0.524. The van der Waals surface area contributed by atoms with Crippen LogP contribution in [0.2, 0.25) is 0 Å². The van der Waals surface area contributed by atoms with Crippen LogP contribution in [0.15, 0.2) is 42.5 Å². The molecule has 1 aliphatic rings. The van der Waals surface area contributed by atoms with Crippen molar-refractivity contribution in [2.75, 3.05) is 0 Å². The first-order valence-electron chi connectivity index (χ1n) is 9.29. The second-order valence-electron chi connectivity index (χ2n) is 6.79. The van der Waals surface area contributed by atoms with Gasteiger partial charge in [0, 0.05) is 32.3 Å². The Labute approximate surface area is 155 Å². The Morgan fingerprint density at radius 2 is 2.08 bits per heavy atom. The quantitative estimate of drug-likeness (QED) is 0.512. The van der Waals surface area contributed by atoms with Crippen molar-refractivity contribution in [1.29, 1.82) is 0 Å². The van der Waals surface area contributed by atoms with Gasteiger partial charge >= 0.3 is 11.9 Å². The molecule has 1 aromatic rings. The molecule has 1 heterocycles. The first kappa shape index (κ1) is 20.2. The number of rotatable bonds is 10. The average Bonchev–Trinajstić information content (AvgIpc) is 2.59. The van der Waals surface area contributed by atoms with E-state index in [0.29, 0.717) is 25.7 Å². The number of hydrogen-bond donors (Lipinski definition) is 1. The third-order valence-corrected chi connectivity index (χ3v) is 4.42. The van der Waals surface area contributed by atoms with Crippen molar-refractivity contribution >= 4 is 11.9 Å². The third-order valence-electron chi connectivity index (χ3n) is 4.42. The van der Waals surface area contributed by atoms with E-state index in [0.717, 1.165) is 19.3 Å². The Morgan fingerprint density at radius 3 is 2.77 bits per heavy atom. The fourth-order valence-corrected chi connectivity index (χ4v) is 3.22. The number of cyclic esters (lactones) is 1. The van der Waals surface area contributed by atoms with E-state index >= 15 is 0 Å². The average molecular weight is 360 g/mol. The lowest BCUT2D eigenvalue weighted by Gasteiger charge is -2.24. The lowest BCUT2D eigenvalue weighted by atomic mass is 9.98. The van der Waals surface area contributed by atoms with E-state index in [-0.39, 0.29) is 24.1 Å². The van der Waals surface area contributed by atoms with Gasteiger partial charge in [-0.2, -0.15) is 0 Å². The highest BCUT2D eigenvalue weighted by atomic mass is 16.5. The Bertz CT molecular complexity index is 596. The number of unbranched alkanes of at least 4 members (excludes halogenated alkanes) is 1. The highest BCUT2D eigenvalue weighted by Gasteiger charge is 2.23. The van der Waals surface area contributed by atoms with Crippen LogP contribution in [0.25, 0.3) is 0 Å². The topological polar surface area (TPSA) is 72.8 Å². The molecule has 2 rings (SSSR count). The number of aryl methyl sites for hydroxylation is 1. The van der Waals surface area contributed by atoms with Crippen LogP contribution in [-0.4, -0.2) is 35.4 Å². The second kappa shape index (κ2) is 10.8. The Balaban J connectivity index is 1.73. The molecule has 142 valence electrons. The minimum Gasteiger partial charge on any atom is -0.462 e. The highest BCUT2D eigenvalue weighted by Crippen LogP contribution is 2.19. The molecule has 5 nitrogen and oxygen atoms in total. The van der Waals surface area contributed by atoms with Crippen molar-refractivity contribution in [3.8, 4) is 0 Å². The number of carbonyl (C=O) groups excluding carboxylic acids is 2. The zero-order valence-corrected chi connectivity index (χ0v) is 15.3. The van der Waals surface area contributed by atoms with Crippen molar-refractivity contribution in [3.05, 3.63) is 48.0 Å². The van der Waals surface area contributed by atoms with Gasteiger partial charge in [0.25, 0.3) is 0 Å². The zero-order chi connectivity index (χ0) is 18.8. The molecule has 0 amide bonds. The number of esters is 2. The fourth-order valence-electron chi connectivity index (χ4n) is 3.22. The van der Waals surface area contributed by atoms with E-state index in [1.54, 1.807) is 6.08 Å². The van der Waals surface area contributed by atoms with Gasteiger partial charge in [-0.3, -0.25) is 4.79 Å². The van der Waals surface area contributed by atoms with Gasteiger partial charge in [0.15, 0.2) is 0 Å². The molecular formula is C21H28O5. The van der Waals surface area contributed by atoms with Crippen LogP contribution in [0.4, 0.5) is 0 Å². The molecule has 0 unspecified atom stereocenters. The van der Waals surface area contributed by atoms with Gasteiger partial charge in [0.05, 0.1) is 6.10 Å². The van der Waals surface area contributed by atoms with Crippen molar-refractivity contribution < 1.29 is 24.2 Å². The van der Waals surface area contributed by atoms with Gasteiger partial charge in [0.1, 0.15) is 12.2 Å². The second-order valence-corrected chi connectivity index (χ2v) is 6.79. The van der Waals surface area contributed by atoms with E-state index in [4.69, 9.17) is 9.47 Å². The number of aliphatic hydroxyl groups excluding tert-OH is 1. The standard InChI is InChI=1S/C21H28O5/c1-16(22)25-19(11-6-5-10-17-8-3-2-4-9-17)14-18(23)15-20-12-7-13-21(24)26-20/h2-4,7-9,13,18-20,23H,5-6,10-12,14-15H2,1H3/t18-,19+,20+/m1/s1. The largest absolute Gasteiger partial charge is 0.462 e. The molecule has 0 aromatic heterocycles. The maximum Gasteiger partial charge on any atom is 0.330 e. The lowest BCUT2D eigenvalue weighted by Crippen LogP contribution is -2.29. The summed E-state index contributed by atoms with van der Waals surface area (Å²) in [5.74, 6) is -0.705. The molecule has 0 radical (unpaired) electrons. The molecule has 3 atom stereocenters. The van der Waals surface area contributed by atoms with Gasteiger partial charge in [0.2, 0.25) is 0 Å². The van der Waals surface area contributed by atoms with Crippen LogP contribution in [0.3, 0.4) is 0 Å². The summed E-state index contributed by atoms with van der Waals surface area (Å²) in [6.07, 6.45) is 6.83. The van der Waals surface area contributed by atoms with Gasteiger partial charge in [-0.25, -0.2) is 4.79 Å². The Hall–Kier alpha value is -2.14. The third kappa shape index (κ3) is 7.83. The summed E-state index contributed by atoms with van der Waals surface area (Å²) in [7, 11) is 0. The number of carbonyl (C=O) groups is 2. The molecule has 5 heteroatoms. The molecule has 0 saturated heterocycles. The van der Waals surface area contributed by atoms with Crippen molar-refractivity contribution in [3.63, 3.8) is 0 Å². The Kier molecular flexibility index (Phi) is 8.35. The molecular weight excluding hydrogens is 332 g/mol. The zero-order valence-electron chi connectivity index (χ0n) is 15.3. The molecule has 0 saturated carbocycles. The van der Waals surface area contributed by atoms with Gasteiger partial charge in [-0.05, 0) is 31.2 Å². The van der Waals surface area contributed by atoms with Crippen LogP contribution in [0, 0.1) is 0 Å². The van der Waals surface area contributed by atoms with E-state index < -0.39 is 6.10 Å². The van der Waals surface area contributed by atoms with Crippen molar-refractivity contribution in [2.45, 2.75) is 70.2 Å². The van der Waals surface area contributed by atoms with Crippen LogP contribution >= 0.6 is 0 Å². The van der Waals surface area contributed by atoms with Gasteiger partial charge in [-0.1, -0.05) is 36.4 Å². The lowest BCUT2D eigenvalue weighted by molar-refractivity contribution is -0.148. The maximum absolute atomic E-state index is 11.3. The van der Waals surface area contributed by atoms with Crippen LogP contribution < -0.4 is 0 Å². The summed E-state index contributed by atoms with van der Waals surface area (Å²) in [4.78, 5) is 22.6. The van der Waals surface area contributed by atoms with E-state index in [1.165, 1.54) is 18.6 Å². The molecule has 1 aliphatic heterocycles. The number of ether oxygens (including phenoxy) is 2. The Morgan fingerprint density at radius 1 is 1.31 bits per heavy atom. The van der Waals surface area contributed by atoms with Crippen LogP contribution in [0.5, 0.6) is 0 Å². The van der Waals surface area contributed by atoms with Gasteiger partial charge < -0.3 is 14.6 Å². The van der Waals surface area contributed by atoms with Gasteiger partial charge in [-0.15, -0.1) is 0 Å². The molecule has 1 aromatic carbocycles. The first-order valence-corrected chi connectivity index (χ1v) is 9.29. The maximum atomic E-state index is 11.3. The first-order chi connectivity index (χ1) is 12.5.